The van der Waals surface area contributed by atoms with E-state index in [9.17, 15) is 13.9 Å². The van der Waals surface area contributed by atoms with E-state index in [0.29, 0.717) is 24.6 Å². The summed E-state index contributed by atoms with van der Waals surface area (Å²) in [6.45, 7) is 7.42. The number of hydrogen-bond donors (Lipinski definition) is 2. The first-order valence-electron chi connectivity index (χ1n) is 12.0. The lowest BCUT2D eigenvalue weighted by atomic mass is 10.0. The Bertz CT molecular complexity index is 1230. The van der Waals surface area contributed by atoms with Gasteiger partial charge in [0, 0.05) is 81.7 Å². The van der Waals surface area contributed by atoms with E-state index in [1.165, 1.54) is 12.1 Å². The smallest absolute Gasteiger partial charge is 0.224 e. The molecule has 190 valence electrons. The first-order chi connectivity index (χ1) is 17.4. The van der Waals surface area contributed by atoms with E-state index in [2.05, 4.69) is 30.9 Å². The molecule has 0 spiro atoms. The number of hydrogen-bond acceptors (Lipinski definition) is 8. The van der Waals surface area contributed by atoms with Crippen LogP contribution in [0.4, 0.5) is 26.2 Å². The van der Waals surface area contributed by atoms with Gasteiger partial charge in [0.1, 0.15) is 17.5 Å². The third-order valence-electron chi connectivity index (χ3n) is 6.77. The van der Waals surface area contributed by atoms with Crippen LogP contribution < -0.4 is 15.5 Å². The Morgan fingerprint density at radius 2 is 1.69 bits per heavy atom. The number of nitrogen functional groups attached to an aromatic ring is 1. The van der Waals surface area contributed by atoms with E-state index in [4.69, 9.17) is 5.73 Å². The minimum Gasteiger partial charge on any atom is -0.396 e. The van der Waals surface area contributed by atoms with Gasteiger partial charge >= 0.3 is 0 Å². The predicted molar refractivity (Wildman–Crippen MR) is 135 cm³/mol. The normalized spacial score (nSPS) is 17.2. The van der Waals surface area contributed by atoms with Crippen molar-refractivity contribution < 1.29 is 13.9 Å². The predicted octanol–water partition coefficient (Wildman–Crippen LogP) is 2.10. The number of aliphatic hydroxyl groups is 1. The molecule has 4 heterocycles. The van der Waals surface area contributed by atoms with E-state index in [1.54, 1.807) is 10.9 Å². The molecule has 2 aliphatic rings. The lowest BCUT2D eigenvalue weighted by Gasteiger charge is -2.39. The second kappa shape index (κ2) is 10.2. The van der Waals surface area contributed by atoms with Gasteiger partial charge in [0.2, 0.25) is 5.95 Å². The van der Waals surface area contributed by atoms with Gasteiger partial charge in [-0.05, 0) is 19.1 Å². The minimum absolute atomic E-state index is 0.167. The van der Waals surface area contributed by atoms with Crippen molar-refractivity contribution in [3.05, 3.63) is 59.4 Å². The van der Waals surface area contributed by atoms with Crippen LogP contribution >= 0.6 is 0 Å². The first kappa shape index (κ1) is 24.1. The summed E-state index contributed by atoms with van der Waals surface area (Å²) in [4.78, 5) is 15.1. The molecule has 11 heteroatoms. The van der Waals surface area contributed by atoms with Gasteiger partial charge in [0.15, 0.2) is 5.82 Å². The van der Waals surface area contributed by atoms with Gasteiger partial charge in [-0.2, -0.15) is 15.1 Å². The third-order valence-corrected chi connectivity index (χ3v) is 6.77. The van der Waals surface area contributed by atoms with E-state index in [-0.39, 0.29) is 18.5 Å². The molecule has 0 radical (unpaired) electrons. The fourth-order valence-electron chi connectivity index (χ4n) is 4.64. The molecule has 3 aromatic rings. The van der Waals surface area contributed by atoms with Crippen LogP contribution in [0.1, 0.15) is 11.3 Å². The fourth-order valence-corrected chi connectivity index (χ4v) is 4.64. The lowest BCUT2D eigenvalue weighted by Crippen LogP contribution is -2.48. The maximum absolute atomic E-state index is 13.5. The molecule has 5 rings (SSSR count). The number of rotatable bonds is 7. The van der Waals surface area contributed by atoms with Crippen molar-refractivity contribution in [2.75, 3.05) is 68.0 Å². The molecule has 0 bridgehead atoms. The van der Waals surface area contributed by atoms with Crippen LogP contribution in [0.25, 0.3) is 11.9 Å². The van der Waals surface area contributed by atoms with Crippen molar-refractivity contribution in [1.82, 2.24) is 24.6 Å². The Balaban J connectivity index is 1.19. The molecular weight excluding hydrogens is 466 g/mol. The Hall–Kier alpha value is -3.57. The molecule has 9 nitrogen and oxygen atoms in total. The van der Waals surface area contributed by atoms with Crippen LogP contribution in [0.5, 0.6) is 0 Å². The van der Waals surface area contributed by atoms with E-state index < -0.39 is 11.6 Å². The number of aliphatic hydroxyl groups excluding tert-OH is 1. The van der Waals surface area contributed by atoms with Crippen LogP contribution in [0.15, 0.2) is 36.5 Å². The number of aromatic nitrogens is 4. The number of piperazine rings is 1. The summed E-state index contributed by atoms with van der Waals surface area (Å²) in [6.07, 6.45) is 5.94. The quantitative estimate of drug-likeness (QED) is 0.513. The number of halogens is 2. The van der Waals surface area contributed by atoms with Crippen molar-refractivity contribution in [1.29, 1.82) is 0 Å². The molecule has 0 atom stereocenters. The van der Waals surface area contributed by atoms with E-state index in [0.717, 1.165) is 55.9 Å². The highest BCUT2D eigenvalue weighted by Crippen LogP contribution is 2.25. The Labute approximate surface area is 208 Å². The van der Waals surface area contributed by atoms with Gasteiger partial charge in [-0.1, -0.05) is 12.2 Å². The molecule has 0 aliphatic carbocycles. The zero-order valence-corrected chi connectivity index (χ0v) is 20.2. The molecular formula is C25H30F2N8O. The van der Waals surface area contributed by atoms with Crippen LogP contribution in [0.2, 0.25) is 0 Å². The maximum Gasteiger partial charge on any atom is 0.224 e. The van der Waals surface area contributed by atoms with Crippen LogP contribution in [-0.2, 0) is 0 Å². The highest BCUT2D eigenvalue weighted by atomic mass is 19.1. The molecule has 2 aromatic heterocycles. The highest BCUT2D eigenvalue weighted by Gasteiger charge is 2.28. The molecule has 0 saturated carbocycles. The summed E-state index contributed by atoms with van der Waals surface area (Å²) >= 11 is 0. The van der Waals surface area contributed by atoms with Crippen molar-refractivity contribution >= 4 is 23.5 Å². The summed E-state index contributed by atoms with van der Waals surface area (Å²) in [6, 6.07) is 5.51. The standard InChI is InChI=1S/C25H30F2N8O/c1-17-19(3-2-4-32-5-7-33(8-6-32)22-10-20(26)9-21(27)11-22)13-29-35(17)24-12-23(30-25(28)31-24)34-14-18(15-34)16-36/h2-3,9-13,18,36H,4-8,14-16H2,1H3,(H2,28,30,31). The average Bonchev–Trinajstić information content (AvgIpc) is 3.18. The van der Waals surface area contributed by atoms with Crippen molar-refractivity contribution in [2.24, 2.45) is 5.92 Å². The number of benzene rings is 1. The summed E-state index contributed by atoms with van der Waals surface area (Å²) in [5.74, 6) is 0.676. The van der Waals surface area contributed by atoms with E-state index in [1.807, 2.05) is 24.0 Å². The number of anilines is 3. The summed E-state index contributed by atoms with van der Waals surface area (Å²) in [5.41, 5.74) is 8.46. The Kier molecular flexibility index (Phi) is 6.84. The van der Waals surface area contributed by atoms with Gasteiger partial charge in [-0.3, -0.25) is 4.90 Å². The second-order valence-corrected chi connectivity index (χ2v) is 9.31. The molecule has 36 heavy (non-hydrogen) atoms. The van der Waals surface area contributed by atoms with Gasteiger partial charge in [0.05, 0.1) is 11.9 Å². The average molecular weight is 497 g/mol. The van der Waals surface area contributed by atoms with Gasteiger partial charge in [0.25, 0.3) is 0 Å². The van der Waals surface area contributed by atoms with Crippen molar-refractivity contribution in [2.45, 2.75) is 6.92 Å². The van der Waals surface area contributed by atoms with Crippen LogP contribution in [0.3, 0.4) is 0 Å². The maximum atomic E-state index is 13.5. The largest absolute Gasteiger partial charge is 0.396 e. The Morgan fingerprint density at radius 3 is 2.39 bits per heavy atom. The molecule has 0 amide bonds. The summed E-state index contributed by atoms with van der Waals surface area (Å²) in [5, 5.41) is 13.8. The lowest BCUT2D eigenvalue weighted by molar-refractivity contribution is 0.200. The Morgan fingerprint density at radius 1 is 1.00 bits per heavy atom. The van der Waals surface area contributed by atoms with Crippen LogP contribution in [0, 0.1) is 24.5 Å². The van der Waals surface area contributed by atoms with Crippen molar-refractivity contribution in [3.8, 4) is 5.82 Å². The van der Waals surface area contributed by atoms with Gasteiger partial charge < -0.3 is 20.6 Å². The SMILES string of the molecule is Cc1c(C=CCN2CCN(c3cc(F)cc(F)c3)CC2)cnn1-c1cc(N2CC(CO)C2)nc(N)n1. The van der Waals surface area contributed by atoms with Gasteiger partial charge in [-0.25, -0.2) is 13.5 Å². The fraction of sp³-hybridized carbons (Fsp3) is 0.400. The first-order valence-corrected chi connectivity index (χ1v) is 12.0. The molecule has 2 saturated heterocycles. The van der Waals surface area contributed by atoms with Crippen molar-refractivity contribution in [3.63, 3.8) is 0 Å². The van der Waals surface area contributed by atoms with Gasteiger partial charge in [-0.15, -0.1) is 0 Å². The number of nitrogens with zero attached hydrogens (tertiary/aromatic N) is 7. The number of nitrogens with two attached hydrogens (primary N) is 1. The van der Waals surface area contributed by atoms with E-state index >= 15 is 0 Å². The zero-order chi connectivity index (χ0) is 25.2. The molecule has 0 unspecified atom stereocenters. The monoisotopic (exact) mass is 496 g/mol. The highest BCUT2D eigenvalue weighted by molar-refractivity contribution is 5.54. The second-order valence-electron chi connectivity index (χ2n) is 9.31. The van der Waals surface area contributed by atoms with Crippen LogP contribution in [-0.4, -0.2) is 82.2 Å². The topological polar surface area (TPSA) is 99.6 Å². The molecule has 2 aliphatic heterocycles. The summed E-state index contributed by atoms with van der Waals surface area (Å²) in [7, 11) is 0. The summed E-state index contributed by atoms with van der Waals surface area (Å²) < 4.78 is 28.8. The minimum atomic E-state index is -0.553. The molecule has 1 aromatic carbocycles. The third kappa shape index (κ3) is 5.17. The molecule has 2 fully saturated rings. The zero-order valence-electron chi connectivity index (χ0n) is 20.2. The molecule has 3 N–H and O–H groups in total.